The molecule has 0 radical (unpaired) electrons. The first-order valence-electron chi connectivity index (χ1n) is 10.1. The van der Waals surface area contributed by atoms with Crippen molar-refractivity contribution in [3.05, 3.63) is 61.6 Å². The second-order valence-corrected chi connectivity index (χ2v) is 8.80. The van der Waals surface area contributed by atoms with Crippen LogP contribution in [0.4, 0.5) is 0 Å². The number of fused-ring (bicyclic) bond motifs is 1. The highest BCUT2D eigenvalue weighted by Gasteiger charge is 2.27. The van der Waals surface area contributed by atoms with Crippen LogP contribution in [0.15, 0.2) is 39.9 Å². The van der Waals surface area contributed by atoms with Gasteiger partial charge in [0.15, 0.2) is 5.52 Å². The fraction of sp³-hybridized carbons (Fsp3) is 0.429. The molecule has 1 aliphatic rings. The average Bonchev–Trinajstić information content (AvgIpc) is 3.15. The number of H-pyrrole nitrogens is 1. The summed E-state index contributed by atoms with van der Waals surface area (Å²) in [6.07, 6.45) is 0. The van der Waals surface area contributed by atoms with E-state index in [0.717, 1.165) is 35.7 Å². The predicted molar refractivity (Wildman–Crippen MR) is 117 cm³/mol. The molecule has 0 unspecified atom stereocenters. The topological polar surface area (TPSA) is 91.3 Å². The number of nitrogens with one attached hydrogen (secondary N) is 1. The average molecular weight is 428 g/mol. The number of aromatic amines is 1. The van der Waals surface area contributed by atoms with Gasteiger partial charge < -0.3 is 9.88 Å². The Morgan fingerprint density at radius 2 is 1.83 bits per heavy atom. The molecule has 1 fully saturated rings. The summed E-state index contributed by atoms with van der Waals surface area (Å²) in [4.78, 5) is 45.3. The Hall–Kier alpha value is -2.78. The monoisotopic (exact) mass is 427 g/mol. The Balaban J connectivity index is 1.50. The summed E-state index contributed by atoms with van der Waals surface area (Å²) in [7, 11) is 0. The summed E-state index contributed by atoms with van der Waals surface area (Å²) in [6, 6.07) is 10.3. The van der Waals surface area contributed by atoms with Gasteiger partial charge >= 0.3 is 5.69 Å². The van der Waals surface area contributed by atoms with Crippen LogP contribution in [0.3, 0.4) is 0 Å². The Labute approximate surface area is 177 Å². The Kier molecular flexibility index (Phi) is 5.83. The van der Waals surface area contributed by atoms with Gasteiger partial charge in [0, 0.05) is 39.3 Å². The summed E-state index contributed by atoms with van der Waals surface area (Å²) in [5, 5.41) is 0. The number of piperazine rings is 1. The first kappa shape index (κ1) is 20.5. The third-order valence-corrected chi connectivity index (χ3v) is 6.10. The molecule has 4 rings (SSSR count). The standard InChI is InChI=1S/C21H25N5O3S/c1-14(2)12-26-19(27)17-16(22-21(26)29)18(30-23-17)20(28)25-10-8-24(9-11-25)13-15-6-4-3-5-7-15/h3-7,14H,8-13H2,1-2H3,(H,22,29). The van der Waals surface area contributed by atoms with Crippen molar-refractivity contribution >= 4 is 28.5 Å². The molecule has 158 valence electrons. The van der Waals surface area contributed by atoms with E-state index in [0.29, 0.717) is 24.5 Å². The lowest BCUT2D eigenvalue weighted by Crippen LogP contribution is -2.48. The molecule has 1 aromatic carbocycles. The van der Waals surface area contributed by atoms with E-state index in [9.17, 15) is 14.4 Å². The zero-order chi connectivity index (χ0) is 21.3. The van der Waals surface area contributed by atoms with Crippen LogP contribution < -0.4 is 11.2 Å². The van der Waals surface area contributed by atoms with Crippen molar-refractivity contribution in [2.75, 3.05) is 26.2 Å². The lowest BCUT2D eigenvalue weighted by molar-refractivity contribution is 0.0634. The minimum absolute atomic E-state index is 0.146. The third-order valence-electron chi connectivity index (χ3n) is 5.27. The van der Waals surface area contributed by atoms with Crippen LogP contribution in [0.2, 0.25) is 0 Å². The highest BCUT2D eigenvalue weighted by Crippen LogP contribution is 2.20. The molecule has 3 aromatic rings. The SMILES string of the molecule is CC(C)Cn1c(=O)[nH]c2c(C(=O)N3CCN(Cc4ccccc4)CC3)snc2c1=O. The molecule has 0 atom stereocenters. The van der Waals surface area contributed by atoms with Crippen molar-refractivity contribution in [1.82, 2.24) is 23.7 Å². The van der Waals surface area contributed by atoms with Crippen LogP contribution in [0, 0.1) is 5.92 Å². The molecule has 3 heterocycles. The molecule has 1 aliphatic heterocycles. The molecule has 0 spiro atoms. The quantitative estimate of drug-likeness (QED) is 0.670. The van der Waals surface area contributed by atoms with Gasteiger partial charge in [0.05, 0.1) is 5.52 Å². The van der Waals surface area contributed by atoms with Gasteiger partial charge in [-0.3, -0.25) is 19.1 Å². The number of rotatable bonds is 5. The number of amides is 1. The lowest BCUT2D eigenvalue weighted by Gasteiger charge is -2.34. The van der Waals surface area contributed by atoms with Crippen LogP contribution in [0.5, 0.6) is 0 Å². The number of hydrogen-bond acceptors (Lipinski definition) is 6. The van der Waals surface area contributed by atoms with Crippen molar-refractivity contribution in [2.45, 2.75) is 26.9 Å². The fourth-order valence-electron chi connectivity index (χ4n) is 3.72. The molecule has 1 N–H and O–H groups in total. The number of benzene rings is 1. The summed E-state index contributed by atoms with van der Waals surface area (Å²) < 4.78 is 5.35. The highest BCUT2D eigenvalue weighted by molar-refractivity contribution is 7.09. The maximum Gasteiger partial charge on any atom is 0.328 e. The van der Waals surface area contributed by atoms with Gasteiger partial charge in [0.2, 0.25) is 0 Å². The number of nitrogens with zero attached hydrogens (tertiary/aromatic N) is 4. The predicted octanol–water partition coefficient (Wildman–Crippen LogP) is 1.76. The molecule has 1 saturated heterocycles. The Morgan fingerprint density at radius 3 is 2.50 bits per heavy atom. The Morgan fingerprint density at radius 1 is 1.13 bits per heavy atom. The minimum atomic E-state index is -0.497. The maximum absolute atomic E-state index is 13.1. The van der Waals surface area contributed by atoms with E-state index in [2.05, 4.69) is 26.4 Å². The largest absolute Gasteiger partial charge is 0.335 e. The van der Waals surface area contributed by atoms with Gasteiger partial charge in [0.25, 0.3) is 11.5 Å². The highest BCUT2D eigenvalue weighted by atomic mass is 32.1. The first-order valence-corrected chi connectivity index (χ1v) is 10.9. The van der Waals surface area contributed by atoms with Gasteiger partial charge in [-0.15, -0.1) is 0 Å². The van der Waals surface area contributed by atoms with Crippen molar-refractivity contribution in [2.24, 2.45) is 5.92 Å². The molecule has 1 amide bonds. The summed E-state index contributed by atoms with van der Waals surface area (Å²) in [5.74, 6) is -0.0355. The van der Waals surface area contributed by atoms with Gasteiger partial charge in [-0.25, -0.2) is 4.79 Å². The normalized spacial score (nSPS) is 15.2. The number of aromatic nitrogens is 3. The minimum Gasteiger partial charge on any atom is -0.335 e. The van der Waals surface area contributed by atoms with E-state index >= 15 is 0 Å². The van der Waals surface area contributed by atoms with Crippen LogP contribution in [0.25, 0.3) is 11.0 Å². The van der Waals surface area contributed by atoms with Gasteiger partial charge in [-0.2, -0.15) is 4.37 Å². The van der Waals surface area contributed by atoms with Crippen molar-refractivity contribution in [3.8, 4) is 0 Å². The van der Waals surface area contributed by atoms with Crippen molar-refractivity contribution in [1.29, 1.82) is 0 Å². The van der Waals surface area contributed by atoms with E-state index in [1.807, 2.05) is 32.0 Å². The second-order valence-electron chi connectivity index (χ2n) is 8.03. The first-order chi connectivity index (χ1) is 14.4. The molecule has 0 saturated carbocycles. The Bertz CT molecular complexity index is 1160. The molecule has 0 bridgehead atoms. The van der Waals surface area contributed by atoms with Crippen LogP contribution in [-0.2, 0) is 13.1 Å². The van der Waals surface area contributed by atoms with Crippen LogP contribution in [0.1, 0.15) is 29.1 Å². The van der Waals surface area contributed by atoms with E-state index in [1.165, 1.54) is 5.56 Å². The zero-order valence-electron chi connectivity index (χ0n) is 17.1. The molecular formula is C21H25N5O3S. The van der Waals surface area contributed by atoms with Crippen LogP contribution in [-0.4, -0.2) is 55.8 Å². The summed E-state index contributed by atoms with van der Waals surface area (Å²) in [5.41, 5.74) is 0.729. The zero-order valence-corrected chi connectivity index (χ0v) is 17.9. The summed E-state index contributed by atoms with van der Waals surface area (Å²) >= 11 is 0.980. The molecule has 0 aliphatic carbocycles. The third kappa shape index (κ3) is 4.08. The molecule has 2 aromatic heterocycles. The maximum atomic E-state index is 13.1. The van der Waals surface area contributed by atoms with Gasteiger partial charge in [0.1, 0.15) is 4.88 Å². The molecular weight excluding hydrogens is 402 g/mol. The summed E-state index contributed by atoms with van der Waals surface area (Å²) in [6.45, 7) is 7.78. The molecule has 30 heavy (non-hydrogen) atoms. The smallest absolute Gasteiger partial charge is 0.328 e. The van der Waals surface area contributed by atoms with E-state index in [1.54, 1.807) is 4.90 Å². The van der Waals surface area contributed by atoms with E-state index < -0.39 is 11.2 Å². The molecule has 9 heteroatoms. The van der Waals surface area contributed by atoms with Gasteiger partial charge in [-0.05, 0) is 23.0 Å². The lowest BCUT2D eigenvalue weighted by atomic mass is 10.2. The van der Waals surface area contributed by atoms with Gasteiger partial charge in [-0.1, -0.05) is 44.2 Å². The van der Waals surface area contributed by atoms with Crippen LogP contribution >= 0.6 is 11.5 Å². The van der Waals surface area contributed by atoms with Crippen molar-refractivity contribution < 1.29 is 4.79 Å². The molecule has 8 nitrogen and oxygen atoms in total. The fourth-order valence-corrected chi connectivity index (χ4v) is 4.52. The number of carbonyl (C=O) groups excluding carboxylic acids is 1. The number of hydrogen-bond donors (Lipinski definition) is 1. The number of carbonyl (C=O) groups is 1. The van der Waals surface area contributed by atoms with E-state index in [-0.39, 0.29) is 22.9 Å². The second kappa shape index (κ2) is 8.53. The van der Waals surface area contributed by atoms with Crippen molar-refractivity contribution in [3.63, 3.8) is 0 Å². The van der Waals surface area contributed by atoms with E-state index in [4.69, 9.17) is 0 Å².